The van der Waals surface area contributed by atoms with Crippen molar-refractivity contribution in [2.24, 2.45) is 5.73 Å². The van der Waals surface area contributed by atoms with Gasteiger partial charge in [-0.15, -0.1) is 0 Å². The van der Waals surface area contributed by atoms with Gasteiger partial charge in [0.25, 0.3) is 0 Å². The van der Waals surface area contributed by atoms with Crippen LogP contribution in [-0.2, 0) is 5.41 Å². The Balaban J connectivity index is 2.79. The van der Waals surface area contributed by atoms with E-state index in [1.165, 1.54) is 16.8 Å². The Labute approximate surface area is 112 Å². The minimum absolute atomic E-state index is 0.224. The molecule has 0 fully saturated rings. The number of benzene rings is 1. The molecule has 18 heavy (non-hydrogen) atoms. The Morgan fingerprint density at radius 3 is 2.33 bits per heavy atom. The predicted octanol–water partition coefficient (Wildman–Crippen LogP) is 3.47. The van der Waals surface area contributed by atoms with E-state index in [0.29, 0.717) is 0 Å². The van der Waals surface area contributed by atoms with Gasteiger partial charge in [0.15, 0.2) is 0 Å². The van der Waals surface area contributed by atoms with Crippen LogP contribution in [0.15, 0.2) is 18.2 Å². The minimum Gasteiger partial charge on any atom is -0.374 e. The summed E-state index contributed by atoms with van der Waals surface area (Å²) in [6.45, 7) is 10.8. The number of unbranched alkanes of at least 4 members (excludes halogenated alkanes) is 1. The lowest BCUT2D eigenvalue weighted by molar-refractivity contribution is 0.589. The van der Waals surface area contributed by atoms with Crippen molar-refractivity contribution in [3.8, 4) is 0 Å². The zero-order chi connectivity index (χ0) is 13.8. The third-order valence-electron chi connectivity index (χ3n) is 3.42. The summed E-state index contributed by atoms with van der Waals surface area (Å²) in [7, 11) is 2.16. The summed E-state index contributed by atoms with van der Waals surface area (Å²) >= 11 is 0. The van der Waals surface area contributed by atoms with Crippen LogP contribution in [0.25, 0.3) is 0 Å². The Morgan fingerprint density at radius 2 is 1.83 bits per heavy atom. The lowest BCUT2D eigenvalue weighted by atomic mass is 9.86. The van der Waals surface area contributed by atoms with Gasteiger partial charge in [-0.2, -0.15) is 0 Å². The lowest BCUT2D eigenvalue weighted by Crippen LogP contribution is -2.21. The second kappa shape index (κ2) is 6.24. The average Bonchev–Trinajstić information content (AvgIpc) is 2.27. The molecule has 1 aromatic rings. The van der Waals surface area contributed by atoms with Gasteiger partial charge in [-0.3, -0.25) is 0 Å². The van der Waals surface area contributed by atoms with Crippen molar-refractivity contribution >= 4 is 5.69 Å². The summed E-state index contributed by atoms with van der Waals surface area (Å²) in [6.07, 6.45) is 2.26. The molecule has 0 atom stereocenters. The van der Waals surface area contributed by atoms with Crippen LogP contribution in [0.2, 0.25) is 0 Å². The Kier molecular flexibility index (Phi) is 5.21. The van der Waals surface area contributed by atoms with E-state index in [9.17, 15) is 0 Å². The van der Waals surface area contributed by atoms with Gasteiger partial charge in [-0.05, 0) is 48.9 Å². The largest absolute Gasteiger partial charge is 0.374 e. The molecular formula is C16H28N2. The number of rotatable bonds is 5. The van der Waals surface area contributed by atoms with Gasteiger partial charge in [-0.1, -0.05) is 32.9 Å². The molecule has 0 saturated heterocycles. The Morgan fingerprint density at radius 1 is 1.17 bits per heavy atom. The van der Waals surface area contributed by atoms with E-state index in [-0.39, 0.29) is 5.41 Å². The van der Waals surface area contributed by atoms with Gasteiger partial charge in [-0.25, -0.2) is 0 Å². The summed E-state index contributed by atoms with van der Waals surface area (Å²) < 4.78 is 0. The van der Waals surface area contributed by atoms with Gasteiger partial charge in [0, 0.05) is 19.3 Å². The highest BCUT2D eigenvalue weighted by molar-refractivity contribution is 5.54. The molecule has 0 bridgehead atoms. The molecule has 2 N–H and O–H groups in total. The molecule has 0 heterocycles. The first-order valence-corrected chi connectivity index (χ1v) is 6.88. The lowest BCUT2D eigenvalue weighted by Gasteiger charge is -2.25. The van der Waals surface area contributed by atoms with E-state index in [2.05, 4.69) is 57.8 Å². The predicted molar refractivity (Wildman–Crippen MR) is 81.4 cm³/mol. The van der Waals surface area contributed by atoms with Crippen LogP contribution in [0.3, 0.4) is 0 Å². The van der Waals surface area contributed by atoms with Crippen molar-refractivity contribution in [2.45, 2.75) is 46.0 Å². The molecule has 1 aromatic carbocycles. The Hall–Kier alpha value is -1.02. The first kappa shape index (κ1) is 15.0. The zero-order valence-electron chi connectivity index (χ0n) is 12.6. The number of aryl methyl sites for hydroxylation is 1. The fourth-order valence-corrected chi connectivity index (χ4v) is 2.16. The quantitative estimate of drug-likeness (QED) is 0.809. The van der Waals surface area contributed by atoms with Crippen molar-refractivity contribution in [1.29, 1.82) is 0 Å². The molecule has 2 heteroatoms. The number of nitrogens with two attached hydrogens (primary N) is 1. The van der Waals surface area contributed by atoms with Crippen LogP contribution in [0.1, 0.15) is 44.7 Å². The normalized spacial score (nSPS) is 11.7. The molecule has 0 aromatic heterocycles. The molecule has 0 saturated carbocycles. The molecule has 0 aliphatic heterocycles. The van der Waals surface area contributed by atoms with E-state index in [0.717, 1.165) is 25.9 Å². The summed E-state index contributed by atoms with van der Waals surface area (Å²) in [4.78, 5) is 2.33. The molecule has 0 unspecified atom stereocenters. The van der Waals surface area contributed by atoms with Crippen molar-refractivity contribution in [3.63, 3.8) is 0 Å². The summed E-state index contributed by atoms with van der Waals surface area (Å²) in [5, 5.41) is 0. The average molecular weight is 248 g/mol. The van der Waals surface area contributed by atoms with Gasteiger partial charge < -0.3 is 10.6 Å². The third-order valence-corrected chi connectivity index (χ3v) is 3.42. The molecular weight excluding hydrogens is 220 g/mol. The number of anilines is 1. The SMILES string of the molecule is Cc1cc(C(C)(C)C)ccc1N(C)CCCCN. The minimum atomic E-state index is 0.224. The molecule has 0 aliphatic carbocycles. The smallest absolute Gasteiger partial charge is 0.0393 e. The molecule has 1 rings (SSSR count). The molecule has 2 nitrogen and oxygen atoms in total. The molecule has 0 radical (unpaired) electrons. The number of hydrogen-bond donors (Lipinski definition) is 1. The van der Waals surface area contributed by atoms with E-state index in [1.807, 2.05) is 0 Å². The van der Waals surface area contributed by atoms with Crippen LogP contribution >= 0.6 is 0 Å². The van der Waals surface area contributed by atoms with E-state index in [1.54, 1.807) is 0 Å². The topological polar surface area (TPSA) is 29.3 Å². The third kappa shape index (κ3) is 4.02. The van der Waals surface area contributed by atoms with Crippen molar-refractivity contribution in [2.75, 3.05) is 25.0 Å². The molecule has 0 amide bonds. The zero-order valence-corrected chi connectivity index (χ0v) is 12.6. The summed E-state index contributed by atoms with van der Waals surface area (Å²) in [5.41, 5.74) is 9.85. The monoisotopic (exact) mass is 248 g/mol. The van der Waals surface area contributed by atoms with Crippen molar-refractivity contribution in [1.82, 2.24) is 0 Å². The Bertz CT molecular complexity index is 377. The summed E-state index contributed by atoms with van der Waals surface area (Å²) in [6, 6.07) is 6.81. The van der Waals surface area contributed by atoms with Crippen LogP contribution < -0.4 is 10.6 Å². The van der Waals surface area contributed by atoms with Gasteiger partial charge in [0.2, 0.25) is 0 Å². The summed E-state index contributed by atoms with van der Waals surface area (Å²) in [5.74, 6) is 0. The maximum atomic E-state index is 5.53. The van der Waals surface area contributed by atoms with Crippen LogP contribution in [0, 0.1) is 6.92 Å². The molecule has 0 aliphatic rings. The maximum absolute atomic E-state index is 5.53. The van der Waals surface area contributed by atoms with E-state index in [4.69, 9.17) is 5.73 Å². The standard InChI is InChI=1S/C16H28N2/c1-13-12-14(16(2,3)4)8-9-15(13)18(5)11-7-6-10-17/h8-9,12H,6-7,10-11,17H2,1-5H3. The van der Waals surface area contributed by atoms with Crippen molar-refractivity contribution in [3.05, 3.63) is 29.3 Å². The van der Waals surface area contributed by atoms with Gasteiger partial charge in [0.05, 0.1) is 0 Å². The highest BCUT2D eigenvalue weighted by Crippen LogP contribution is 2.27. The number of hydrogen-bond acceptors (Lipinski definition) is 2. The van der Waals surface area contributed by atoms with Crippen molar-refractivity contribution < 1.29 is 0 Å². The first-order chi connectivity index (χ1) is 8.36. The first-order valence-electron chi connectivity index (χ1n) is 6.88. The van der Waals surface area contributed by atoms with Gasteiger partial charge in [0.1, 0.15) is 0 Å². The molecule has 0 spiro atoms. The molecule has 102 valence electrons. The highest BCUT2D eigenvalue weighted by Gasteiger charge is 2.15. The number of nitrogens with zero attached hydrogens (tertiary/aromatic N) is 1. The van der Waals surface area contributed by atoms with Crippen LogP contribution in [-0.4, -0.2) is 20.1 Å². The van der Waals surface area contributed by atoms with E-state index < -0.39 is 0 Å². The highest BCUT2D eigenvalue weighted by atomic mass is 15.1. The fraction of sp³-hybridized carbons (Fsp3) is 0.625. The van der Waals surface area contributed by atoms with Crippen LogP contribution in [0.4, 0.5) is 5.69 Å². The van der Waals surface area contributed by atoms with E-state index >= 15 is 0 Å². The van der Waals surface area contributed by atoms with Crippen LogP contribution in [0.5, 0.6) is 0 Å². The fourth-order valence-electron chi connectivity index (χ4n) is 2.16. The second-order valence-electron chi connectivity index (χ2n) is 6.17. The van der Waals surface area contributed by atoms with Gasteiger partial charge >= 0.3 is 0 Å². The second-order valence-corrected chi connectivity index (χ2v) is 6.17. The maximum Gasteiger partial charge on any atom is 0.0393 e.